The van der Waals surface area contributed by atoms with Crippen LogP contribution in [0.4, 0.5) is 4.79 Å². The van der Waals surface area contributed by atoms with E-state index >= 15 is 0 Å². The van der Waals surface area contributed by atoms with Crippen LogP contribution in [0.1, 0.15) is 70.1 Å². The van der Waals surface area contributed by atoms with Crippen LogP contribution in [0.25, 0.3) is 17.2 Å². The Morgan fingerprint density at radius 3 is 2.00 bits per heavy atom. The topological polar surface area (TPSA) is 123 Å². The van der Waals surface area contributed by atoms with Crippen LogP contribution in [-0.2, 0) is 23.9 Å². The van der Waals surface area contributed by atoms with Gasteiger partial charge in [0, 0.05) is 5.92 Å². The van der Waals surface area contributed by atoms with E-state index in [1.165, 1.54) is 0 Å². The lowest BCUT2D eigenvalue weighted by molar-refractivity contribution is -0.164. The predicted octanol–water partition coefficient (Wildman–Crippen LogP) is 6.40. The Balaban J connectivity index is 1.32. The lowest BCUT2D eigenvalue weighted by Crippen LogP contribution is -2.50. The fourth-order valence-electron chi connectivity index (χ4n) is 5.75. The Morgan fingerprint density at radius 2 is 1.40 bits per heavy atom. The monoisotopic (exact) mass is 639 g/mol. The summed E-state index contributed by atoms with van der Waals surface area (Å²) in [5.41, 5.74) is 9.44. The molecule has 0 aliphatic heterocycles. The van der Waals surface area contributed by atoms with Crippen molar-refractivity contribution in [1.82, 2.24) is 16.2 Å². The smallest absolute Gasteiger partial charge is 0.407 e. The second-order valence-corrected chi connectivity index (χ2v) is 13.1. The van der Waals surface area contributed by atoms with Gasteiger partial charge in [-0.05, 0) is 67.3 Å². The standard InChI is InChI=1S/C38H45N3O6/c1-25(2)22-32(31(36(44)47-38(3,4)5)21-13-16-26-14-7-6-8-15-26)35(43)41-40-34(42)23-39-37(45)46-24-33-29-19-11-9-17-27(29)28-18-10-12-20-30(28)33/h6-20,25,31-33H,21-24H2,1-5H3,(H,39,45)(H,40,42)(H,41,43)/t31-,32+/m0/s1. The third kappa shape index (κ3) is 10.0. The zero-order chi connectivity index (χ0) is 34.0. The molecular formula is C38H45N3O6. The van der Waals surface area contributed by atoms with Crippen molar-refractivity contribution in [2.75, 3.05) is 13.2 Å². The van der Waals surface area contributed by atoms with E-state index in [0.717, 1.165) is 27.8 Å². The molecule has 2 atom stereocenters. The molecule has 0 radical (unpaired) electrons. The van der Waals surface area contributed by atoms with Gasteiger partial charge in [-0.3, -0.25) is 25.2 Å². The van der Waals surface area contributed by atoms with Gasteiger partial charge in [0.2, 0.25) is 5.91 Å². The molecule has 3 aromatic rings. The van der Waals surface area contributed by atoms with E-state index in [1.54, 1.807) is 20.8 Å². The van der Waals surface area contributed by atoms with Gasteiger partial charge in [-0.25, -0.2) is 4.79 Å². The molecule has 1 aliphatic carbocycles. The van der Waals surface area contributed by atoms with Crippen LogP contribution in [0, 0.1) is 17.8 Å². The molecule has 9 heteroatoms. The van der Waals surface area contributed by atoms with Gasteiger partial charge in [0.25, 0.3) is 5.91 Å². The van der Waals surface area contributed by atoms with E-state index in [2.05, 4.69) is 28.3 Å². The van der Waals surface area contributed by atoms with Crippen LogP contribution in [0.5, 0.6) is 0 Å². The van der Waals surface area contributed by atoms with Gasteiger partial charge in [0.15, 0.2) is 0 Å². The largest absolute Gasteiger partial charge is 0.460 e. The van der Waals surface area contributed by atoms with Crippen molar-refractivity contribution in [1.29, 1.82) is 0 Å². The fraction of sp³-hybridized carbons (Fsp3) is 0.368. The number of hydrogen-bond acceptors (Lipinski definition) is 6. The Labute approximate surface area is 277 Å². The summed E-state index contributed by atoms with van der Waals surface area (Å²) >= 11 is 0. The van der Waals surface area contributed by atoms with E-state index < -0.39 is 47.9 Å². The first-order valence-corrected chi connectivity index (χ1v) is 16.0. The minimum absolute atomic E-state index is 0.0831. The number of nitrogens with one attached hydrogen (secondary N) is 3. The highest BCUT2D eigenvalue weighted by Gasteiger charge is 2.36. The van der Waals surface area contributed by atoms with Crippen molar-refractivity contribution >= 4 is 30.0 Å². The Hall–Kier alpha value is -4.92. The van der Waals surface area contributed by atoms with E-state index in [4.69, 9.17) is 9.47 Å². The Morgan fingerprint density at radius 1 is 0.809 bits per heavy atom. The molecule has 3 amide bonds. The quantitative estimate of drug-likeness (QED) is 0.156. The summed E-state index contributed by atoms with van der Waals surface area (Å²) in [6, 6.07) is 25.7. The van der Waals surface area contributed by atoms with Crippen molar-refractivity contribution in [2.45, 2.75) is 59.0 Å². The number of benzene rings is 3. The number of alkyl carbamates (subject to hydrolysis) is 1. The van der Waals surface area contributed by atoms with Gasteiger partial charge in [-0.1, -0.05) is 105 Å². The fourth-order valence-corrected chi connectivity index (χ4v) is 5.75. The third-order valence-electron chi connectivity index (χ3n) is 7.82. The Kier molecular flexibility index (Phi) is 11.9. The van der Waals surface area contributed by atoms with Gasteiger partial charge < -0.3 is 14.8 Å². The van der Waals surface area contributed by atoms with Crippen LogP contribution in [0.3, 0.4) is 0 Å². The van der Waals surface area contributed by atoms with Crippen molar-refractivity contribution in [2.24, 2.45) is 17.8 Å². The number of esters is 1. The molecule has 248 valence electrons. The highest BCUT2D eigenvalue weighted by molar-refractivity contribution is 5.89. The van der Waals surface area contributed by atoms with E-state index in [9.17, 15) is 19.2 Å². The molecule has 0 aromatic heterocycles. The molecule has 4 rings (SSSR count). The first-order valence-electron chi connectivity index (χ1n) is 16.0. The molecule has 47 heavy (non-hydrogen) atoms. The molecule has 0 heterocycles. The average molecular weight is 640 g/mol. The number of fused-ring (bicyclic) bond motifs is 3. The van der Waals surface area contributed by atoms with Crippen molar-refractivity contribution in [3.63, 3.8) is 0 Å². The summed E-state index contributed by atoms with van der Waals surface area (Å²) in [4.78, 5) is 51.9. The lowest BCUT2D eigenvalue weighted by Gasteiger charge is -2.29. The first kappa shape index (κ1) is 34.9. The predicted molar refractivity (Wildman–Crippen MR) is 182 cm³/mol. The van der Waals surface area contributed by atoms with Crippen molar-refractivity contribution in [3.05, 3.63) is 102 Å². The molecule has 9 nitrogen and oxygen atoms in total. The number of rotatable bonds is 12. The van der Waals surface area contributed by atoms with E-state index in [0.29, 0.717) is 6.42 Å². The number of ether oxygens (including phenoxy) is 2. The van der Waals surface area contributed by atoms with Crippen LogP contribution in [0.2, 0.25) is 0 Å². The van der Waals surface area contributed by atoms with Gasteiger partial charge in [0.1, 0.15) is 18.8 Å². The maximum atomic E-state index is 13.4. The first-order chi connectivity index (χ1) is 22.4. The van der Waals surface area contributed by atoms with Crippen LogP contribution in [0.15, 0.2) is 84.9 Å². The summed E-state index contributed by atoms with van der Waals surface area (Å²) in [6.45, 7) is 8.96. The molecule has 0 saturated heterocycles. The third-order valence-corrected chi connectivity index (χ3v) is 7.82. The molecule has 0 fully saturated rings. The molecule has 3 aromatic carbocycles. The molecule has 0 bridgehead atoms. The van der Waals surface area contributed by atoms with Crippen LogP contribution in [-0.4, -0.2) is 42.6 Å². The van der Waals surface area contributed by atoms with Crippen LogP contribution >= 0.6 is 0 Å². The normalized spacial score (nSPS) is 13.7. The van der Waals surface area contributed by atoms with Gasteiger partial charge >= 0.3 is 12.1 Å². The summed E-state index contributed by atoms with van der Waals surface area (Å²) < 4.78 is 11.2. The molecule has 0 spiro atoms. The van der Waals surface area contributed by atoms with E-state index in [1.807, 2.05) is 92.7 Å². The molecule has 1 aliphatic rings. The highest BCUT2D eigenvalue weighted by atomic mass is 16.6. The number of carbonyl (C=O) groups excluding carboxylic acids is 4. The summed E-state index contributed by atoms with van der Waals surface area (Å²) in [7, 11) is 0. The van der Waals surface area contributed by atoms with Gasteiger partial charge in [-0.15, -0.1) is 0 Å². The van der Waals surface area contributed by atoms with Crippen LogP contribution < -0.4 is 16.2 Å². The second-order valence-electron chi connectivity index (χ2n) is 13.1. The zero-order valence-electron chi connectivity index (χ0n) is 27.7. The number of hydrogen-bond donors (Lipinski definition) is 3. The Bertz CT molecular complexity index is 1530. The number of allylic oxidation sites excluding steroid dienone is 1. The van der Waals surface area contributed by atoms with Crippen molar-refractivity contribution in [3.8, 4) is 11.1 Å². The average Bonchev–Trinajstić information content (AvgIpc) is 3.35. The summed E-state index contributed by atoms with van der Waals surface area (Å²) in [5, 5.41) is 2.44. The van der Waals surface area contributed by atoms with E-state index in [-0.39, 0.29) is 24.9 Å². The number of hydrazine groups is 1. The van der Waals surface area contributed by atoms with Crippen molar-refractivity contribution < 1.29 is 28.7 Å². The molecule has 0 unspecified atom stereocenters. The highest BCUT2D eigenvalue weighted by Crippen LogP contribution is 2.44. The lowest BCUT2D eigenvalue weighted by atomic mass is 9.82. The minimum atomic E-state index is -0.785. The SMILES string of the molecule is CC(C)C[C@@H](C(=O)NNC(=O)CNC(=O)OCC1c2ccccc2-c2ccccc21)[C@H](CC=Cc1ccccc1)C(=O)OC(C)(C)C. The zero-order valence-corrected chi connectivity index (χ0v) is 27.7. The molecule has 3 N–H and O–H groups in total. The maximum absolute atomic E-state index is 13.4. The molecule has 0 saturated carbocycles. The summed E-state index contributed by atoms with van der Waals surface area (Å²) in [6.07, 6.45) is 3.68. The number of amides is 3. The second kappa shape index (κ2) is 16.1. The van der Waals surface area contributed by atoms with Gasteiger partial charge in [-0.2, -0.15) is 0 Å². The minimum Gasteiger partial charge on any atom is -0.460 e. The summed E-state index contributed by atoms with van der Waals surface area (Å²) in [5.74, 6) is -3.24. The maximum Gasteiger partial charge on any atom is 0.407 e. The molecular weight excluding hydrogens is 594 g/mol. The number of carbonyl (C=O) groups is 4. The van der Waals surface area contributed by atoms with Gasteiger partial charge in [0.05, 0.1) is 11.8 Å².